The average Bonchev–Trinajstić information content (AvgIpc) is 2.47. The number of methoxy groups -OCH3 is 1. The molecule has 0 spiro atoms. The molecule has 2 heterocycles. The van der Waals surface area contributed by atoms with Gasteiger partial charge >= 0.3 is 0 Å². The zero-order chi connectivity index (χ0) is 15.2. The second-order valence-electron chi connectivity index (χ2n) is 6.43. The molecule has 1 fully saturated rings. The van der Waals surface area contributed by atoms with Crippen LogP contribution >= 0.6 is 0 Å². The maximum atomic E-state index is 5.59. The van der Waals surface area contributed by atoms with E-state index in [1.165, 1.54) is 6.42 Å². The second kappa shape index (κ2) is 7.87. The predicted octanol–water partition coefficient (Wildman–Crippen LogP) is 2.44. The summed E-state index contributed by atoms with van der Waals surface area (Å²) >= 11 is 0. The number of hydrogen-bond acceptors (Lipinski definition) is 4. The Balaban J connectivity index is 1.92. The molecular weight excluding hydrogens is 262 g/mol. The van der Waals surface area contributed by atoms with Crippen LogP contribution in [-0.4, -0.2) is 42.2 Å². The predicted molar refractivity (Wildman–Crippen MR) is 86.1 cm³/mol. The molecule has 4 heteroatoms. The number of pyridine rings is 1. The van der Waals surface area contributed by atoms with Crippen molar-refractivity contribution in [2.45, 2.75) is 52.4 Å². The Kier molecular flexibility index (Phi) is 6.15. The molecule has 4 nitrogen and oxygen atoms in total. The molecule has 0 bridgehead atoms. The van der Waals surface area contributed by atoms with Crippen molar-refractivity contribution in [3.63, 3.8) is 0 Å². The van der Waals surface area contributed by atoms with E-state index in [0.29, 0.717) is 18.1 Å². The third-order valence-electron chi connectivity index (χ3n) is 4.22. The molecule has 118 valence electrons. The number of aromatic nitrogens is 1. The summed E-state index contributed by atoms with van der Waals surface area (Å²) in [5.74, 6) is 0.654. The molecule has 1 N–H and O–H groups in total. The molecule has 1 aromatic heterocycles. The summed E-state index contributed by atoms with van der Waals surface area (Å²) in [6, 6.07) is 6.81. The average molecular weight is 291 g/mol. The van der Waals surface area contributed by atoms with E-state index in [1.807, 2.05) is 7.11 Å². The van der Waals surface area contributed by atoms with E-state index in [9.17, 15) is 0 Å². The number of likely N-dealkylation sites (tertiary alicyclic amines) is 1. The van der Waals surface area contributed by atoms with E-state index >= 15 is 0 Å². The molecule has 2 rings (SSSR count). The summed E-state index contributed by atoms with van der Waals surface area (Å²) < 4.78 is 5.59. The topological polar surface area (TPSA) is 37.4 Å². The van der Waals surface area contributed by atoms with Gasteiger partial charge in [0.15, 0.2) is 0 Å². The third-order valence-corrected chi connectivity index (χ3v) is 4.22. The first-order valence-electron chi connectivity index (χ1n) is 8.02. The van der Waals surface area contributed by atoms with Gasteiger partial charge in [-0.2, -0.15) is 0 Å². The molecule has 1 aliphatic rings. The lowest BCUT2D eigenvalue weighted by atomic mass is 9.96. The Morgan fingerprint density at radius 3 is 2.86 bits per heavy atom. The highest BCUT2D eigenvalue weighted by Crippen LogP contribution is 2.20. The fraction of sp³-hybridized carbons (Fsp3) is 0.706. The molecule has 21 heavy (non-hydrogen) atoms. The summed E-state index contributed by atoms with van der Waals surface area (Å²) in [6.07, 6.45) is 1.55. The van der Waals surface area contributed by atoms with Gasteiger partial charge < -0.3 is 10.1 Å². The fourth-order valence-electron chi connectivity index (χ4n) is 2.80. The minimum Gasteiger partial charge on any atom is -0.380 e. The van der Waals surface area contributed by atoms with Crippen molar-refractivity contribution in [1.82, 2.24) is 15.2 Å². The normalized spacial score (nSPS) is 23.7. The van der Waals surface area contributed by atoms with Gasteiger partial charge in [0.1, 0.15) is 0 Å². The Bertz CT molecular complexity index is 436. The van der Waals surface area contributed by atoms with Gasteiger partial charge in [-0.3, -0.25) is 9.88 Å². The monoisotopic (exact) mass is 291 g/mol. The smallest absolute Gasteiger partial charge is 0.0724 e. The van der Waals surface area contributed by atoms with Crippen LogP contribution in [0.25, 0.3) is 0 Å². The van der Waals surface area contributed by atoms with Gasteiger partial charge in [0.2, 0.25) is 0 Å². The molecule has 0 aromatic carbocycles. The van der Waals surface area contributed by atoms with Crippen molar-refractivity contribution in [1.29, 1.82) is 0 Å². The second-order valence-corrected chi connectivity index (χ2v) is 6.43. The number of nitrogens with zero attached hydrogens (tertiary/aromatic N) is 2. The van der Waals surface area contributed by atoms with Crippen LogP contribution in [-0.2, 0) is 17.8 Å². The van der Waals surface area contributed by atoms with Gasteiger partial charge in [-0.1, -0.05) is 26.8 Å². The van der Waals surface area contributed by atoms with Crippen molar-refractivity contribution in [2.75, 3.05) is 20.2 Å². The largest absolute Gasteiger partial charge is 0.380 e. The first kappa shape index (κ1) is 16.4. The lowest BCUT2D eigenvalue weighted by Gasteiger charge is -2.36. The Hall–Kier alpha value is -0.970. The lowest BCUT2D eigenvalue weighted by molar-refractivity contribution is -0.00780. The van der Waals surface area contributed by atoms with Crippen LogP contribution in [0.3, 0.4) is 0 Å². The number of nitrogens with one attached hydrogen (secondary N) is 1. The zero-order valence-electron chi connectivity index (χ0n) is 13.8. The third kappa shape index (κ3) is 5.06. The lowest BCUT2D eigenvalue weighted by Crippen LogP contribution is -2.43. The van der Waals surface area contributed by atoms with Gasteiger partial charge in [-0.05, 0) is 31.0 Å². The molecule has 0 amide bonds. The Morgan fingerprint density at radius 2 is 2.14 bits per heavy atom. The molecule has 0 radical (unpaired) electrons. The van der Waals surface area contributed by atoms with Gasteiger partial charge in [0.25, 0.3) is 0 Å². The number of rotatable bonds is 6. The van der Waals surface area contributed by atoms with Crippen LogP contribution in [0.2, 0.25) is 0 Å². The van der Waals surface area contributed by atoms with Crippen molar-refractivity contribution in [3.8, 4) is 0 Å². The van der Waals surface area contributed by atoms with Crippen LogP contribution < -0.4 is 5.32 Å². The van der Waals surface area contributed by atoms with Gasteiger partial charge in [0, 0.05) is 32.8 Å². The number of ether oxygens (including phenoxy) is 1. The minimum absolute atomic E-state index is 0.351. The standard InChI is InChI=1S/C17H29N3O/c1-13(2)18-10-15-6-5-7-16(19-15)11-20-9-8-14(3)17(12-20)21-4/h5-7,13-14,17-18H,8-12H2,1-4H3. The number of hydrogen-bond donors (Lipinski definition) is 1. The molecule has 1 aromatic rings. The minimum atomic E-state index is 0.351. The van der Waals surface area contributed by atoms with Crippen molar-refractivity contribution in [3.05, 3.63) is 29.6 Å². The van der Waals surface area contributed by atoms with E-state index < -0.39 is 0 Å². The highest BCUT2D eigenvalue weighted by molar-refractivity contribution is 5.11. The molecule has 1 aliphatic heterocycles. The van der Waals surface area contributed by atoms with Crippen molar-refractivity contribution in [2.24, 2.45) is 5.92 Å². The van der Waals surface area contributed by atoms with E-state index in [2.05, 4.69) is 49.2 Å². The molecule has 2 atom stereocenters. The Morgan fingerprint density at radius 1 is 1.38 bits per heavy atom. The quantitative estimate of drug-likeness (QED) is 0.873. The van der Waals surface area contributed by atoms with Gasteiger partial charge in [0.05, 0.1) is 17.5 Å². The summed E-state index contributed by atoms with van der Waals surface area (Å²) in [4.78, 5) is 7.22. The van der Waals surface area contributed by atoms with Crippen LogP contribution in [0.5, 0.6) is 0 Å². The zero-order valence-corrected chi connectivity index (χ0v) is 13.8. The fourth-order valence-corrected chi connectivity index (χ4v) is 2.80. The van der Waals surface area contributed by atoms with Crippen LogP contribution in [0.4, 0.5) is 0 Å². The van der Waals surface area contributed by atoms with E-state index in [4.69, 9.17) is 9.72 Å². The summed E-state index contributed by atoms with van der Waals surface area (Å²) in [5.41, 5.74) is 2.28. The van der Waals surface area contributed by atoms with Gasteiger partial charge in [-0.25, -0.2) is 0 Å². The SMILES string of the molecule is COC1CN(Cc2cccc(CNC(C)C)n2)CCC1C. The summed E-state index contributed by atoms with van der Waals surface area (Å²) in [7, 11) is 1.82. The first-order valence-corrected chi connectivity index (χ1v) is 8.02. The van der Waals surface area contributed by atoms with E-state index in [-0.39, 0.29) is 0 Å². The highest BCUT2D eigenvalue weighted by Gasteiger charge is 2.26. The maximum Gasteiger partial charge on any atom is 0.0724 e. The molecule has 1 saturated heterocycles. The highest BCUT2D eigenvalue weighted by atomic mass is 16.5. The molecule has 0 aliphatic carbocycles. The maximum absolute atomic E-state index is 5.59. The molecule has 0 saturated carbocycles. The van der Waals surface area contributed by atoms with Crippen molar-refractivity contribution >= 4 is 0 Å². The van der Waals surface area contributed by atoms with Crippen LogP contribution in [0.15, 0.2) is 18.2 Å². The molecular formula is C17H29N3O. The molecule has 2 unspecified atom stereocenters. The summed E-state index contributed by atoms with van der Waals surface area (Å²) in [6.45, 7) is 10.5. The first-order chi connectivity index (χ1) is 10.1. The van der Waals surface area contributed by atoms with E-state index in [0.717, 1.165) is 37.6 Å². The van der Waals surface area contributed by atoms with Gasteiger partial charge in [-0.15, -0.1) is 0 Å². The van der Waals surface area contributed by atoms with Crippen molar-refractivity contribution < 1.29 is 4.74 Å². The summed E-state index contributed by atoms with van der Waals surface area (Å²) in [5, 5.41) is 3.42. The van der Waals surface area contributed by atoms with Crippen LogP contribution in [0.1, 0.15) is 38.6 Å². The van der Waals surface area contributed by atoms with E-state index in [1.54, 1.807) is 0 Å². The van der Waals surface area contributed by atoms with Crippen LogP contribution in [0, 0.1) is 5.92 Å². The number of piperidine rings is 1. The Labute approximate surface area is 128 Å².